The van der Waals surface area contributed by atoms with E-state index in [0.717, 1.165) is 0 Å². The number of morpholine rings is 1. The number of amides is 1. The molecule has 4 nitrogen and oxygen atoms in total. The monoisotopic (exact) mass is 252 g/mol. The molecule has 1 aromatic rings. The number of halogens is 1. The van der Waals surface area contributed by atoms with Crippen LogP contribution >= 0.6 is 0 Å². The summed E-state index contributed by atoms with van der Waals surface area (Å²) < 4.78 is 18.7. The first-order valence-electron chi connectivity index (χ1n) is 5.98. The van der Waals surface area contributed by atoms with E-state index in [1.165, 1.54) is 11.0 Å². The quantitative estimate of drug-likeness (QED) is 0.864. The molecule has 98 valence electrons. The first-order valence-corrected chi connectivity index (χ1v) is 5.98. The maximum absolute atomic E-state index is 13.5. The van der Waals surface area contributed by atoms with Crippen molar-refractivity contribution in [2.24, 2.45) is 0 Å². The molecule has 1 aromatic carbocycles. The van der Waals surface area contributed by atoms with Crippen LogP contribution in [-0.2, 0) is 16.1 Å². The van der Waals surface area contributed by atoms with Crippen molar-refractivity contribution in [1.82, 2.24) is 10.2 Å². The molecule has 0 aliphatic carbocycles. The number of likely N-dealkylation sites (N-methyl/N-ethyl adjacent to an activating group) is 1. The first kappa shape index (κ1) is 13.0. The molecule has 0 spiro atoms. The summed E-state index contributed by atoms with van der Waals surface area (Å²) in [5, 5.41) is 3.09. The van der Waals surface area contributed by atoms with Gasteiger partial charge in [-0.25, -0.2) is 4.39 Å². The molecule has 0 radical (unpaired) electrons. The maximum atomic E-state index is 13.5. The van der Waals surface area contributed by atoms with E-state index in [1.807, 2.05) is 0 Å². The van der Waals surface area contributed by atoms with Gasteiger partial charge in [-0.05, 0) is 6.07 Å². The van der Waals surface area contributed by atoms with Crippen LogP contribution in [-0.4, -0.2) is 43.7 Å². The van der Waals surface area contributed by atoms with E-state index in [1.54, 1.807) is 25.2 Å². The SMILES string of the molecule is CN(Cc1ccccc1F)C(=O)[C@H]1COCCN1. The molecule has 1 fully saturated rings. The molecule has 1 saturated heterocycles. The molecule has 1 aliphatic rings. The van der Waals surface area contributed by atoms with Crippen molar-refractivity contribution < 1.29 is 13.9 Å². The lowest BCUT2D eigenvalue weighted by molar-refractivity contribution is -0.135. The fourth-order valence-corrected chi connectivity index (χ4v) is 1.95. The van der Waals surface area contributed by atoms with Gasteiger partial charge in [0.05, 0.1) is 13.2 Å². The van der Waals surface area contributed by atoms with Crippen LogP contribution in [0.1, 0.15) is 5.56 Å². The second-order valence-corrected chi connectivity index (χ2v) is 4.37. The van der Waals surface area contributed by atoms with Crippen LogP contribution in [0.5, 0.6) is 0 Å². The Morgan fingerprint density at radius 2 is 2.33 bits per heavy atom. The summed E-state index contributed by atoms with van der Waals surface area (Å²) in [6.45, 7) is 1.94. The van der Waals surface area contributed by atoms with Crippen molar-refractivity contribution in [3.8, 4) is 0 Å². The lowest BCUT2D eigenvalue weighted by atomic mass is 10.2. The summed E-state index contributed by atoms with van der Waals surface area (Å²) in [5.41, 5.74) is 0.519. The van der Waals surface area contributed by atoms with E-state index >= 15 is 0 Å². The highest BCUT2D eigenvalue weighted by Crippen LogP contribution is 2.10. The Balaban J connectivity index is 1.96. The fourth-order valence-electron chi connectivity index (χ4n) is 1.95. The van der Waals surface area contributed by atoms with Crippen LogP contribution in [0.4, 0.5) is 4.39 Å². The minimum absolute atomic E-state index is 0.0713. The Labute approximate surface area is 106 Å². The van der Waals surface area contributed by atoms with Crippen molar-refractivity contribution in [1.29, 1.82) is 0 Å². The van der Waals surface area contributed by atoms with Gasteiger partial charge in [-0.15, -0.1) is 0 Å². The van der Waals surface area contributed by atoms with E-state index in [0.29, 0.717) is 25.3 Å². The smallest absolute Gasteiger partial charge is 0.242 e. The molecule has 1 N–H and O–H groups in total. The normalized spacial score (nSPS) is 19.6. The molecule has 1 heterocycles. The maximum Gasteiger partial charge on any atom is 0.242 e. The first-order chi connectivity index (χ1) is 8.68. The van der Waals surface area contributed by atoms with Crippen LogP contribution in [0.25, 0.3) is 0 Å². The minimum atomic E-state index is -0.324. The predicted molar refractivity (Wildman–Crippen MR) is 65.5 cm³/mol. The lowest BCUT2D eigenvalue weighted by Crippen LogP contribution is -2.51. The summed E-state index contributed by atoms with van der Waals surface area (Å²) in [6, 6.07) is 6.16. The largest absolute Gasteiger partial charge is 0.378 e. The summed E-state index contributed by atoms with van der Waals surface area (Å²) >= 11 is 0. The van der Waals surface area contributed by atoms with Gasteiger partial charge in [-0.2, -0.15) is 0 Å². The predicted octanol–water partition coefficient (Wildman–Crippen LogP) is 0.772. The van der Waals surface area contributed by atoms with Gasteiger partial charge in [0.15, 0.2) is 0 Å². The number of carbonyl (C=O) groups is 1. The van der Waals surface area contributed by atoms with Crippen molar-refractivity contribution in [3.05, 3.63) is 35.6 Å². The van der Waals surface area contributed by atoms with Gasteiger partial charge in [0, 0.05) is 25.7 Å². The van der Waals surface area contributed by atoms with Crippen molar-refractivity contribution in [2.45, 2.75) is 12.6 Å². The number of hydrogen-bond acceptors (Lipinski definition) is 3. The second kappa shape index (κ2) is 5.93. The standard InChI is InChI=1S/C13H17FN2O2/c1-16(8-10-4-2-3-5-11(10)14)13(17)12-9-18-7-6-15-12/h2-5,12,15H,6-9H2,1H3/t12-/m1/s1. The highest BCUT2D eigenvalue weighted by atomic mass is 19.1. The molecular weight excluding hydrogens is 235 g/mol. The van der Waals surface area contributed by atoms with Crippen LogP contribution in [0, 0.1) is 5.82 Å². The van der Waals surface area contributed by atoms with Crippen LogP contribution in [0.2, 0.25) is 0 Å². The Hall–Kier alpha value is -1.46. The number of carbonyl (C=O) groups excluding carboxylic acids is 1. The van der Waals surface area contributed by atoms with E-state index in [9.17, 15) is 9.18 Å². The topological polar surface area (TPSA) is 41.6 Å². The number of rotatable bonds is 3. The molecule has 18 heavy (non-hydrogen) atoms. The van der Waals surface area contributed by atoms with Crippen LogP contribution in [0.15, 0.2) is 24.3 Å². The fraction of sp³-hybridized carbons (Fsp3) is 0.462. The number of benzene rings is 1. The summed E-state index contributed by atoms with van der Waals surface area (Å²) in [5.74, 6) is -0.358. The highest BCUT2D eigenvalue weighted by Gasteiger charge is 2.24. The van der Waals surface area contributed by atoms with Crippen molar-refractivity contribution in [2.75, 3.05) is 26.8 Å². The van der Waals surface area contributed by atoms with Gasteiger partial charge in [0.25, 0.3) is 0 Å². The Morgan fingerprint density at radius 1 is 1.56 bits per heavy atom. The van der Waals surface area contributed by atoms with Crippen molar-refractivity contribution >= 4 is 5.91 Å². The molecule has 1 amide bonds. The van der Waals surface area contributed by atoms with Gasteiger partial charge in [-0.1, -0.05) is 18.2 Å². The lowest BCUT2D eigenvalue weighted by Gasteiger charge is -2.27. The molecule has 0 aromatic heterocycles. The van der Waals surface area contributed by atoms with Crippen molar-refractivity contribution in [3.63, 3.8) is 0 Å². The van der Waals surface area contributed by atoms with E-state index < -0.39 is 0 Å². The molecule has 1 aliphatic heterocycles. The Bertz CT molecular complexity index is 419. The average molecular weight is 252 g/mol. The van der Waals surface area contributed by atoms with Gasteiger partial charge in [0.2, 0.25) is 5.91 Å². The third-order valence-corrected chi connectivity index (χ3v) is 2.96. The number of nitrogens with one attached hydrogen (secondary N) is 1. The van der Waals surface area contributed by atoms with Crippen LogP contribution < -0.4 is 5.32 Å². The van der Waals surface area contributed by atoms with E-state index in [2.05, 4.69) is 5.32 Å². The highest BCUT2D eigenvalue weighted by molar-refractivity contribution is 5.81. The molecule has 0 saturated carbocycles. The molecular formula is C13H17FN2O2. The zero-order valence-electron chi connectivity index (χ0n) is 10.4. The molecule has 5 heteroatoms. The van der Waals surface area contributed by atoms with E-state index in [-0.39, 0.29) is 24.3 Å². The summed E-state index contributed by atoms with van der Waals surface area (Å²) in [7, 11) is 1.67. The Morgan fingerprint density at radius 3 is 3.00 bits per heavy atom. The van der Waals surface area contributed by atoms with E-state index in [4.69, 9.17) is 4.74 Å². The van der Waals surface area contributed by atoms with Gasteiger partial charge >= 0.3 is 0 Å². The Kier molecular flexibility index (Phi) is 4.28. The number of ether oxygens (including phenoxy) is 1. The zero-order valence-corrected chi connectivity index (χ0v) is 10.4. The van der Waals surface area contributed by atoms with Gasteiger partial charge in [0.1, 0.15) is 11.9 Å². The average Bonchev–Trinajstić information content (AvgIpc) is 2.41. The summed E-state index contributed by atoms with van der Waals surface area (Å²) in [6.07, 6.45) is 0. The second-order valence-electron chi connectivity index (χ2n) is 4.37. The number of hydrogen-bond donors (Lipinski definition) is 1. The van der Waals surface area contributed by atoms with Crippen LogP contribution in [0.3, 0.4) is 0 Å². The van der Waals surface area contributed by atoms with Gasteiger partial charge < -0.3 is 15.0 Å². The molecule has 1 atom stereocenters. The molecule has 2 rings (SSSR count). The van der Waals surface area contributed by atoms with Gasteiger partial charge in [-0.3, -0.25) is 4.79 Å². The minimum Gasteiger partial charge on any atom is -0.378 e. The zero-order chi connectivity index (χ0) is 13.0. The third-order valence-electron chi connectivity index (χ3n) is 2.96. The molecule has 0 bridgehead atoms. The third kappa shape index (κ3) is 3.05. The summed E-state index contributed by atoms with van der Waals surface area (Å²) in [4.78, 5) is 13.6. The molecule has 0 unspecified atom stereocenters. The number of nitrogens with zero attached hydrogens (tertiary/aromatic N) is 1.